The van der Waals surface area contributed by atoms with Crippen molar-refractivity contribution in [1.29, 1.82) is 0 Å². The van der Waals surface area contributed by atoms with Gasteiger partial charge in [-0.05, 0) is 36.7 Å². The minimum Gasteiger partial charge on any atom is -0.389 e. The lowest BCUT2D eigenvalue weighted by atomic mass is 10.0. The van der Waals surface area contributed by atoms with Crippen LogP contribution in [-0.4, -0.2) is 49.5 Å². The van der Waals surface area contributed by atoms with Crippen LogP contribution in [0, 0.1) is 0 Å². The van der Waals surface area contributed by atoms with Gasteiger partial charge in [-0.1, -0.05) is 42.5 Å². The van der Waals surface area contributed by atoms with Crippen LogP contribution in [-0.2, 0) is 11.2 Å². The van der Waals surface area contributed by atoms with Crippen molar-refractivity contribution in [3.8, 4) is 0 Å². The summed E-state index contributed by atoms with van der Waals surface area (Å²) >= 11 is 0. The van der Waals surface area contributed by atoms with Crippen molar-refractivity contribution in [2.75, 3.05) is 33.4 Å². The number of nitrogens with zero attached hydrogens (tertiary/aromatic N) is 1. The SMILES string of the molecule is CCOCC(O)CN(C)CCc1cccc2ccccc12. The van der Waals surface area contributed by atoms with E-state index < -0.39 is 6.10 Å². The Balaban J connectivity index is 1.89. The highest BCUT2D eigenvalue weighted by molar-refractivity contribution is 5.85. The molecule has 1 unspecified atom stereocenters. The third-order valence-electron chi connectivity index (χ3n) is 3.68. The Morgan fingerprint density at radius 1 is 1.14 bits per heavy atom. The van der Waals surface area contributed by atoms with Gasteiger partial charge in [0.1, 0.15) is 0 Å². The van der Waals surface area contributed by atoms with E-state index in [4.69, 9.17) is 4.74 Å². The number of ether oxygens (including phenoxy) is 1. The van der Waals surface area contributed by atoms with Gasteiger partial charge in [0.05, 0.1) is 12.7 Å². The Kier molecular flexibility index (Phi) is 6.18. The Hall–Kier alpha value is -1.42. The molecule has 2 aromatic carbocycles. The Bertz CT molecular complexity index is 550. The molecule has 0 saturated heterocycles. The van der Waals surface area contributed by atoms with E-state index in [2.05, 4.69) is 47.4 Å². The summed E-state index contributed by atoms with van der Waals surface area (Å²) in [5.41, 5.74) is 1.36. The quantitative estimate of drug-likeness (QED) is 0.810. The van der Waals surface area contributed by atoms with Gasteiger partial charge in [0, 0.05) is 19.7 Å². The highest BCUT2D eigenvalue weighted by Crippen LogP contribution is 2.18. The summed E-state index contributed by atoms with van der Waals surface area (Å²) in [6, 6.07) is 14.9. The van der Waals surface area contributed by atoms with Gasteiger partial charge in [0.15, 0.2) is 0 Å². The molecule has 0 aliphatic heterocycles. The minimum atomic E-state index is -0.414. The van der Waals surface area contributed by atoms with Gasteiger partial charge in [0.2, 0.25) is 0 Å². The maximum Gasteiger partial charge on any atom is 0.0900 e. The molecule has 0 spiro atoms. The Morgan fingerprint density at radius 3 is 2.71 bits per heavy atom. The molecule has 0 radical (unpaired) electrons. The first-order valence-corrected chi connectivity index (χ1v) is 7.61. The molecular formula is C18H25NO2. The third-order valence-corrected chi connectivity index (χ3v) is 3.68. The molecule has 2 rings (SSSR count). The lowest BCUT2D eigenvalue weighted by Gasteiger charge is -2.20. The van der Waals surface area contributed by atoms with Gasteiger partial charge in [-0.25, -0.2) is 0 Å². The molecule has 3 heteroatoms. The molecule has 0 aliphatic rings. The van der Waals surface area contributed by atoms with Crippen LogP contribution < -0.4 is 0 Å². The molecule has 1 atom stereocenters. The van der Waals surface area contributed by atoms with Crippen LogP contribution in [0.4, 0.5) is 0 Å². The fraction of sp³-hybridized carbons (Fsp3) is 0.444. The summed E-state index contributed by atoms with van der Waals surface area (Å²) < 4.78 is 5.24. The maximum atomic E-state index is 9.85. The second kappa shape index (κ2) is 8.13. The fourth-order valence-electron chi connectivity index (χ4n) is 2.58. The van der Waals surface area contributed by atoms with E-state index in [1.54, 1.807) is 0 Å². The summed E-state index contributed by atoms with van der Waals surface area (Å²) in [6.07, 6.45) is 0.571. The van der Waals surface area contributed by atoms with Crippen molar-refractivity contribution >= 4 is 10.8 Å². The normalized spacial score (nSPS) is 13.0. The van der Waals surface area contributed by atoms with Crippen molar-refractivity contribution in [3.63, 3.8) is 0 Å². The first kappa shape index (κ1) is 16.0. The molecule has 3 nitrogen and oxygen atoms in total. The van der Waals surface area contributed by atoms with E-state index in [9.17, 15) is 5.11 Å². The van der Waals surface area contributed by atoms with Crippen LogP contribution in [0.25, 0.3) is 10.8 Å². The van der Waals surface area contributed by atoms with Crippen LogP contribution in [0.2, 0.25) is 0 Å². The van der Waals surface area contributed by atoms with E-state index in [0.29, 0.717) is 19.8 Å². The number of rotatable bonds is 8. The zero-order valence-electron chi connectivity index (χ0n) is 13.0. The van der Waals surface area contributed by atoms with Gasteiger partial charge >= 0.3 is 0 Å². The largest absolute Gasteiger partial charge is 0.389 e. The number of hydrogen-bond donors (Lipinski definition) is 1. The Labute approximate surface area is 127 Å². The molecule has 1 N–H and O–H groups in total. The second-order valence-electron chi connectivity index (χ2n) is 5.46. The van der Waals surface area contributed by atoms with E-state index in [0.717, 1.165) is 13.0 Å². The summed E-state index contributed by atoms with van der Waals surface area (Å²) in [5, 5.41) is 12.5. The summed E-state index contributed by atoms with van der Waals surface area (Å²) in [7, 11) is 2.04. The van der Waals surface area contributed by atoms with E-state index in [-0.39, 0.29) is 0 Å². The van der Waals surface area contributed by atoms with Crippen molar-refractivity contribution in [2.45, 2.75) is 19.4 Å². The summed E-state index contributed by atoms with van der Waals surface area (Å²) in [6.45, 7) is 4.57. The fourth-order valence-corrected chi connectivity index (χ4v) is 2.58. The van der Waals surface area contributed by atoms with Crippen LogP contribution in [0.3, 0.4) is 0 Å². The molecule has 114 valence electrons. The van der Waals surface area contributed by atoms with Gasteiger partial charge in [-0.2, -0.15) is 0 Å². The van der Waals surface area contributed by atoms with Crippen molar-refractivity contribution in [1.82, 2.24) is 4.90 Å². The molecule has 21 heavy (non-hydrogen) atoms. The van der Waals surface area contributed by atoms with E-state index in [1.807, 2.05) is 14.0 Å². The smallest absolute Gasteiger partial charge is 0.0900 e. The topological polar surface area (TPSA) is 32.7 Å². The lowest BCUT2D eigenvalue weighted by Crippen LogP contribution is -2.33. The summed E-state index contributed by atoms with van der Waals surface area (Å²) in [4.78, 5) is 2.16. The van der Waals surface area contributed by atoms with Crippen LogP contribution in [0.1, 0.15) is 12.5 Å². The number of hydrogen-bond acceptors (Lipinski definition) is 3. The number of fused-ring (bicyclic) bond motifs is 1. The monoisotopic (exact) mass is 287 g/mol. The van der Waals surface area contributed by atoms with Crippen LogP contribution >= 0.6 is 0 Å². The van der Waals surface area contributed by atoms with Gasteiger partial charge in [0.25, 0.3) is 0 Å². The predicted molar refractivity (Wildman–Crippen MR) is 87.6 cm³/mol. The number of likely N-dealkylation sites (N-methyl/N-ethyl adjacent to an activating group) is 1. The zero-order valence-corrected chi connectivity index (χ0v) is 13.0. The summed E-state index contributed by atoms with van der Waals surface area (Å²) in [5.74, 6) is 0. The lowest BCUT2D eigenvalue weighted by molar-refractivity contribution is 0.0258. The zero-order chi connectivity index (χ0) is 15.1. The molecule has 0 fully saturated rings. The Morgan fingerprint density at radius 2 is 1.90 bits per heavy atom. The number of benzene rings is 2. The van der Waals surface area contributed by atoms with Gasteiger partial charge in [-0.3, -0.25) is 0 Å². The van der Waals surface area contributed by atoms with Crippen LogP contribution in [0.15, 0.2) is 42.5 Å². The molecule has 0 aromatic heterocycles. The first-order chi connectivity index (χ1) is 10.2. The highest BCUT2D eigenvalue weighted by atomic mass is 16.5. The second-order valence-corrected chi connectivity index (χ2v) is 5.46. The molecule has 0 heterocycles. The minimum absolute atomic E-state index is 0.412. The molecular weight excluding hydrogens is 262 g/mol. The van der Waals surface area contributed by atoms with Gasteiger partial charge in [-0.15, -0.1) is 0 Å². The first-order valence-electron chi connectivity index (χ1n) is 7.61. The standard InChI is InChI=1S/C18H25NO2/c1-3-21-14-17(20)13-19(2)12-11-16-9-6-8-15-7-4-5-10-18(15)16/h4-10,17,20H,3,11-14H2,1-2H3. The maximum absolute atomic E-state index is 9.85. The molecule has 0 amide bonds. The highest BCUT2D eigenvalue weighted by Gasteiger charge is 2.09. The van der Waals surface area contributed by atoms with E-state index in [1.165, 1.54) is 16.3 Å². The number of aliphatic hydroxyl groups excluding tert-OH is 1. The third kappa shape index (κ3) is 4.81. The molecule has 2 aromatic rings. The van der Waals surface area contributed by atoms with Crippen molar-refractivity contribution in [3.05, 3.63) is 48.0 Å². The molecule has 0 aliphatic carbocycles. The van der Waals surface area contributed by atoms with Gasteiger partial charge < -0.3 is 14.7 Å². The average molecular weight is 287 g/mol. The van der Waals surface area contributed by atoms with Crippen LogP contribution in [0.5, 0.6) is 0 Å². The number of aliphatic hydroxyl groups is 1. The molecule has 0 saturated carbocycles. The predicted octanol–water partition coefficient (Wildman–Crippen LogP) is 2.71. The van der Waals surface area contributed by atoms with E-state index >= 15 is 0 Å². The van der Waals surface area contributed by atoms with Crippen molar-refractivity contribution < 1.29 is 9.84 Å². The molecule has 0 bridgehead atoms. The van der Waals surface area contributed by atoms with Crippen molar-refractivity contribution in [2.24, 2.45) is 0 Å². The average Bonchev–Trinajstić information content (AvgIpc) is 2.51.